The van der Waals surface area contributed by atoms with Crippen LogP contribution in [0.3, 0.4) is 0 Å². The number of nitrogen functional groups attached to an aromatic ring is 1. The molecular weight excluding hydrogens is 300 g/mol. The molecule has 1 aromatic carbocycles. The largest absolute Gasteiger partial charge is 0.504 e. The zero-order valence-electron chi connectivity index (χ0n) is 11.6. The lowest BCUT2D eigenvalue weighted by molar-refractivity contribution is 0.240. The second-order valence-corrected chi connectivity index (χ2v) is 8.38. The van der Waals surface area contributed by atoms with Crippen LogP contribution >= 0.6 is 11.6 Å². The number of halogens is 1. The topological polar surface area (TPSA) is 83.6 Å². The van der Waals surface area contributed by atoms with Crippen molar-refractivity contribution in [2.45, 2.75) is 29.4 Å². The molecular formula is C13H19ClN2O3S. The number of phenols is 1. The Kier molecular flexibility index (Phi) is 3.92. The highest BCUT2D eigenvalue weighted by Gasteiger charge is 2.44. The van der Waals surface area contributed by atoms with E-state index in [2.05, 4.69) is 4.90 Å². The molecule has 112 valence electrons. The van der Waals surface area contributed by atoms with Gasteiger partial charge in [-0.2, -0.15) is 0 Å². The molecule has 2 rings (SSSR count). The Hall–Kier alpha value is -0.980. The summed E-state index contributed by atoms with van der Waals surface area (Å²) in [5.74, 6) is -0.447. The lowest BCUT2D eigenvalue weighted by atomic mass is 9.98. The Morgan fingerprint density at radius 1 is 1.35 bits per heavy atom. The van der Waals surface area contributed by atoms with Crippen molar-refractivity contribution >= 4 is 27.1 Å². The van der Waals surface area contributed by atoms with E-state index in [1.165, 1.54) is 12.1 Å². The van der Waals surface area contributed by atoms with Gasteiger partial charge >= 0.3 is 0 Å². The van der Waals surface area contributed by atoms with E-state index in [1.807, 2.05) is 7.05 Å². The van der Waals surface area contributed by atoms with Gasteiger partial charge in [-0.3, -0.25) is 0 Å². The molecule has 0 aliphatic carbocycles. The number of piperidine rings is 1. The first-order valence-corrected chi connectivity index (χ1v) is 8.25. The van der Waals surface area contributed by atoms with Crippen LogP contribution in [-0.2, 0) is 9.84 Å². The van der Waals surface area contributed by atoms with Crippen LogP contribution in [0.5, 0.6) is 5.75 Å². The molecule has 0 radical (unpaired) electrons. The Balaban J connectivity index is 2.54. The van der Waals surface area contributed by atoms with Gasteiger partial charge in [0.1, 0.15) is 4.90 Å². The molecule has 0 saturated carbocycles. The lowest BCUT2D eigenvalue weighted by Crippen LogP contribution is -2.46. The second kappa shape index (κ2) is 5.09. The minimum Gasteiger partial charge on any atom is -0.504 e. The van der Waals surface area contributed by atoms with Crippen molar-refractivity contribution < 1.29 is 13.5 Å². The monoisotopic (exact) mass is 318 g/mol. The van der Waals surface area contributed by atoms with Crippen LogP contribution in [0.25, 0.3) is 0 Å². The predicted octanol–water partition coefficient (Wildman–Crippen LogP) is 1.89. The predicted molar refractivity (Wildman–Crippen MR) is 79.9 cm³/mol. The maximum atomic E-state index is 12.9. The number of benzene rings is 1. The molecule has 0 aromatic heterocycles. The van der Waals surface area contributed by atoms with Crippen LogP contribution in [0, 0.1) is 0 Å². The standard InChI is InChI=1S/C13H19ClN2O3S/c1-13(5-7-16(2)8-6-13)20(18,19)12-9(14)3-4-10(15)11(12)17/h3-4,17H,5-8,15H2,1-2H3. The molecule has 1 saturated heterocycles. The van der Waals surface area contributed by atoms with Crippen molar-refractivity contribution in [3.63, 3.8) is 0 Å². The van der Waals surface area contributed by atoms with Crippen LogP contribution in [0.4, 0.5) is 5.69 Å². The van der Waals surface area contributed by atoms with E-state index < -0.39 is 20.3 Å². The van der Waals surface area contributed by atoms with Crippen molar-refractivity contribution in [2.75, 3.05) is 25.9 Å². The summed E-state index contributed by atoms with van der Waals surface area (Å²) in [6.45, 7) is 3.08. The molecule has 5 nitrogen and oxygen atoms in total. The highest BCUT2D eigenvalue weighted by Crippen LogP contribution is 2.43. The maximum Gasteiger partial charge on any atom is 0.189 e. The van der Waals surface area contributed by atoms with Crippen LogP contribution < -0.4 is 5.73 Å². The Bertz CT molecular complexity index is 623. The summed E-state index contributed by atoms with van der Waals surface area (Å²) < 4.78 is 24.8. The molecule has 0 atom stereocenters. The van der Waals surface area contributed by atoms with E-state index in [0.29, 0.717) is 25.9 Å². The molecule has 20 heavy (non-hydrogen) atoms. The van der Waals surface area contributed by atoms with Crippen molar-refractivity contribution in [3.05, 3.63) is 17.2 Å². The van der Waals surface area contributed by atoms with Crippen LogP contribution in [0.2, 0.25) is 5.02 Å². The number of likely N-dealkylation sites (tertiary alicyclic amines) is 1. The van der Waals surface area contributed by atoms with Gasteiger partial charge in [-0.15, -0.1) is 0 Å². The molecule has 1 heterocycles. The molecule has 0 spiro atoms. The molecule has 1 aliphatic heterocycles. The molecule has 0 unspecified atom stereocenters. The Morgan fingerprint density at radius 3 is 2.45 bits per heavy atom. The van der Waals surface area contributed by atoms with E-state index in [9.17, 15) is 13.5 Å². The summed E-state index contributed by atoms with van der Waals surface area (Å²) in [7, 11) is -1.80. The quantitative estimate of drug-likeness (QED) is 0.642. The maximum absolute atomic E-state index is 12.9. The summed E-state index contributed by atoms with van der Waals surface area (Å²) in [6.07, 6.45) is 0.993. The zero-order chi connectivity index (χ0) is 15.1. The van der Waals surface area contributed by atoms with Gasteiger partial charge in [-0.1, -0.05) is 11.6 Å². The van der Waals surface area contributed by atoms with Gasteiger partial charge in [0.25, 0.3) is 0 Å². The third-order valence-corrected chi connectivity index (χ3v) is 7.16. The molecule has 1 aromatic rings. The normalized spacial score (nSPS) is 19.9. The SMILES string of the molecule is CN1CCC(C)(S(=O)(=O)c2c(Cl)ccc(N)c2O)CC1. The fourth-order valence-corrected chi connectivity index (χ4v) is 4.79. The van der Waals surface area contributed by atoms with Gasteiger partial charge in [-0.25, -0.2) is 8.42 Å². The molecule has 7 heteroatoms. The first-order valence-electron chi connectivity index (χ1n) is 6.39. The minimum absolute atomic E-state index is 0.0110. The minimum atomic E-state index is -3.76. The Labute approximate surface area is 124 Å². The second-order valence-electron chi connectivity index (χ2n) is 5.57. The summed E-state index contributed by atoms with van der Waals surface area (Å²) in [5.41, 5.74) is 5.62. The highest BCUT2D eigenvalue weighted by molar-refractivity contribution is 7.93. The van der Waals surface area contributed by atoms with Crippen molar-refractivity contribution in [1.82, 2.24) is 4.90 Å². The van der Waals surface area contributed by atoms with Crippen molar-refractivity contribution in [3.8, 4) is 5.75 Å². The lowest BCUT2D eigenvalue weighted by Gasteiger charge is -2.37. The van der Waals surface area contributed by atoms with E-state index in [-0.39, 0.29) is 15.6 Å². The zero-order valence-corrected chi connectivity index (χ0v) is 13.1. The molecule has 1 aliphatic rings. The van der Waals surface area contributed by atoms with Crippen molar-refractivity contribution in [1.29, 1.82) is 0 Å². The van der Waals surface area contributed by atoms with Crippen LogP contribution in [-0.4, -0.2) is 43.3 Å². The van der Waals surface area contributed by atoms with E-state index in [4.69, 9.17) is 17.3 Å². The summed E-state index contributed by atoms with van der Waals surface area (Å²) in [4.78, 5) is 1.84. The van der Waals surface area contributed by atoms with Gasteiger partial charge in [0.15, 0.2) is 15.6 Å². The fourth-order valence-electron chi connectivity index (χ4n) is 2.42. The third kappa shape index (κ3) is 2.36. The van der Waals surface area contributed by atoms with Gasteiger partial charge < -0.3 is 15.7 Å². The highest BCUT2D eigenvalue weighted by atomic mass is 35.5. The first kappa shape index (κ1) is 15.4. The summed E-state index contributed by atoms with van der Waals surface area (Å²) in [6, 6.07) is 2.80. The third-order valence-electron chi connectivity index (χ3n) is 4.08. The number of anilines is 1. The molecule has 1 fully saturated rings. The van der Waals surface area contributed by atoms with E-state index >= 15 is 0 Å². The van der Waals surface area contributed by atoms with E-state index in [1.54, 1.807) is 6.92 Å². The number of aromatic hydroxyl groups is 1. The van der Waals surface area contributed by atoms with Crippen LogP contribution in [0.15, 0.2) is 17.0 Å². The van der Waals surface area contributed by atoms with Crippen LogP contribution in [0.1, 0.15) is 19.8 Å². The molecule has 3 N–H and O–H groups in total. The Morgan fingerprint density at radius 2 is 1.90 bits per heavy atom. The smallest absolute Gasteiger partial charge is 0.189 e. The summed E-state index contributed by atoms with van der Waals surface area (Å²) >= 11 is 5.99. The first-order chi connectivity index (χ1) is 9.19. The van der Waals surface area contributed by atoms with Gasteiger partial charge in [-0.05, 0) is 52.0 Å². The van der Waals surface area contributed by atoms with Gasteiger partial charge in [0.2, 0.25) is 0 Å². The number of hydrogen-bond donors (Lipinski definition) is 2. The number of rotatable bonds is 2. The average Bonchev–Trinajstić information content (AvgIpc) is 2.38. The van der Waals surface area contributed by atoms with E-state index in [0.717, 1.165) is 0 Å². The van der Waals surface area contributed by atoms with Gasteiger partial charge in [0, 0.05) is 0 Å². The molecule has 0 bridgehead atoms. The number of nitrogens with zero attached hydrogens (tertiary/aromatic N) is 1. The van der Waals surface area contributed by atoms with Crippen molar-refractivity contribution in [2.24, 2.45) is 0 Å². The number of phenolic OH excluding ortho intramolecular Hbond substituents is 1. The average molecular weight is 319 g/mol. The molecule has 0 amide bonds. The number of sulfone groups is 1. The van der Waals surface area contributed by atoms with Gasteiger partial charge in [0.05, 0.1) is 15.5 Å². The number of nitrogens with two attached hydrogens (primary N) is 1. The number of hydrogen-bond acceptors (Lipinski definition) is 5. The fraction of sp³-hybridized carbons (Fsp3) is 0.538. The summed E-state index contributed by atoms with van der Waals surface area (Å²) in [5, 5.41) is 10.0.